The van der Waals surface area contributed by atoms with Crippen LogP contribution in [0.1, 0.15) is 55.7 Å². The van der Waals surface area contributed by atoms with Crippen LogP contribution in [0.25, 0.3) is 0 Å². The number of halogens is 1. The Kier molecular flexibility index (Phi) is 10.7. The van der Waals surface area contributed by atoms with E-state index in [0.29, 0.717) is 22.7 Å². The first kappa shape index (κ1) is 31.6. The molecule has 1 atom stereocenters. The van der Waals surface area contributed by atoms with Gasteiger partial charge in [-0.2, -0.15) is 0 Å². The number of amides is 2. The molecule has 0 radical (unpaired) electrons. The Hall–Kier alpha value is -3.36. The highest BCUT2D eigenvalue weighted by molar-refractivity contribution is 7.92. The SMILES string of the molecule is Cc1ccc(S(=O)(=O)N(CC(=O)N(CCc2ccccc2)C(C)C(=O)NC2CCCCC2)c2cccc(Cl)c2C)cc1. The van der Waals surface area contributed by atoms with E-state index in [1.54, 1.807) is 44.2 Å². The molecule has 7 nitrogen and oxygen atoms in total. The van der Waals surface area contributed by atoms with Crippen LogP contribution in [0.15, 0.2) is 77.7 Å². The summed E-state index contributed by atoms with van der Waals surface area (Å²) in [5, 5.41) is 3.53. The number of sulfonamides is 1. The maximum Gasteiger partial charge on any atom is 0.264 e. The maximum atomic E-state index is 14.1. The van der Waals surface area contributed by atoms with Crippen LogP contribution in [0.5, 0.6) is 0 Å². The fraction of sp³-hybridized carbons (Fsp3) is 0.394. The lowest BCUT2D eigenvalue weighted by Crippen LogP contribution is -2.53. The quantitative estimate of drug-likeness (QED) is 0.286. The molecule has 3 aromatic rings. The molecule has 0 saturated heterocycles. The third kappa shape index (κ3) is 7.72. The summed E-state index contributed by atoms with van der Waals surface area (Å²) in [6.45, 7) is 5.10. The lowest BCUT2D eigenvalue weighted by molar-refractivity contribution is -0.139. The Morgan fingerprint density at radius 2 is 1.60 bits per heavy atom. The highest BCUT2D eigenvalue weighted by atomic mass is 35.5. The van der Waals surface area contributed by atoms with E-state index in [0.717, 1.165) is 47.5 Å². The van der Waals surface area contributed by atoms with Gasteiger partial charge in [0, 0.05) is 17.6 Å². The number of hydrogen-bond donors (Lipinski definition) is 1. The Morgan fingerprint density at radius 1 is 0.929 bits per heavy atom. The van der Waals surface area contributed by atoms with E-state index >= 15 is 0 Å². The molecule has 0 bridgehead atoms. The number of carbonyl (C=O) groups excluding carboxylic acids is 2. The average molecular weight is 610 g/mol. The number of benzene rings is 3. The summed E-state index contributed by atoms with van der Waals surface area (Å²) in [6.07, 6.45) is 5.67. The van der Waals surface area contributed by atoms with E-state index in [1.807, 2.05) is 37.3 Å². The van der Waals surface area contributed by atoms with Crippen LogP contribution in [0.4, 0.5) is 5.69 Å². The molecular formula is C33H40ClN3O4S. The van der Waals surface area contributed by atoms with Gasteiger partial charge in [-0.05, 0) is 75.4 Å². The van der Waals surface area contributed by atoms with E-state index in [2.05, 4.69) is 5.32 Å². The lowest BCUT2D eigenvalue weighted by Gasteiger charge is -2.33. The predicted molar refractivity (Wildman–Crippen MR) is 168 cm³/mol. The Bertz CT molecular complexity index is 1470. The van der Waals surface area contributed by atoms with Gasteiger partial charge in [-0.15, -0.1) is 0 Å². The van der Waals surface area contributed by atoms with Gasteiger partial charge in [0.25, 0.3) is 10.0 Å². The molecule has 1 N–H and O–H groups in total. The third-order valence-corrected chi connectivity index (χ3v) is 10.2. The molecule has 0 aliphatic heterocycles. The number of hydrogen-bond acceptors (Lipinski definition) is 4. The number of rotatable bonds is 11. The zero-order chi connectivity index (χ0) is 30.3. The number of nitrogens with one attached hydrogen (secondary N) is 1. The average Bonchev–Trinajstić information content (AvgIpc) is 2.98. The molecule has 0 spiro atoms. The standard InChI is InChI=1S/C33H40ClN3O4S/c1-24-17-19-29(20-18-24)42(40,41)37(31-16-10-15-30(34)25(31)2)23-32(38)36(22-21-27-11-6-4-7-12-27)26(3)33(39)35-28-13-8-5-9-14-28/h4,6-7,10-12,15-20,26,28H,5,8-9,13-14,21-23H2,1-3H3,(H,35,39). The number of nitrogens with zero attached hydrogens (tertiary/aromatic N) is 2. The zero-order valence-corrected chi connectivity index (χ0v) is 26.1. The van der Waals surface area contributed by atoms with Crippen LogP contribution in [-0.4, -0.2) is 50.3 Å². The Balaban J connectivity index is 1.67. The van der Waals surface area contributed by atoms with Crippen molar-refractivity contribution in [2.24, 2.45) is 0 Å². The smallest absolute Gasteiger partial charge is 0.264 e. The topological polar surface area (TPSA) is 86.8 Å². The molecule has 1 fully saturated rings. The van der Waals surface area contributed by atoms with Crippen molar-refractivity contribution in [2.75, 3.05) is 17.4 Å². The van der Waals surface area contributed by atoms with E-state index < -0.39 is 28.5 Å². The largest absolute Gasteiger partial charge is 0.352 e. The minimum Gasteiger partial charge on any atom is -0.352 e. The van der Waals surface area contributed by atoms with E-state index in [-0.39, 0.29) is 23.4 Å². The molecule has 224 valence electrons. The highest BCUT2D eigenvalue weighted by Gasteiger charge is 2.33. The van der Waals surface area contributed by atoms with Gasteiger partial charge in [-0.3, -0.25) is 13.9 Å². The normalized spacial score (nSPS) is 14.7. The van der Waals surface area contributed by atoms with Gasteiger partial charge in [-0.1, -0.05) is 85.0 Å². The first-order valence-corrected chi connectivity index (χ1v) is 16.4. The summed E-state index contributed by atoms with van der Waals surface area (Å²) in [4.78, 5) is 29.1. The van der Waals surface area contributed by atoms with Crippen LogP contribution < -0.4 is 9.62 Å². The molecule has 42 heavy (non-hydrogen) atoms. The van der Waals surface area contributed by atoms with Crippen molar-refractivity contribution in [3.8, 4) is 0 Å². The van der Waals surface area contributed by atoms with Gasteiger partial charge in [0.05, 0.1) is 10.6 Å². The van der Waals surface area contributed by atoms with Crippen molar-refractivity contribution >= 4 is 39.1 Å². The van der Waals surface area contributed by atoms with Crippen molar-refractivity contribution in [1.29, 1.82) is 0 Å². The molecule has 0 heterocycles. The number of carbonyl (C=O) groups is 2. The molecule has 2 amide bonds. The molecule has 4 rings (SSSR count). The zero-order valence-electron chi connectivity index (χ0n) is 24.6. The summed E-state index contributed by atoms with van der Waals surface area (Å²) in [7, 11) is -4.15. The second-order valence-electron chi connectivity index (χ2n) is 11.1. The second-order valence-corrected chi connectivity index (χ2v) is 13.3. The van der Waals surface area contributed by atoms with E-state index in [4.69, 9.17) is 11.6 Å². The lowest BCUT2D eigenvalue weighted by atomic mass is 9.95. The molecule has 1 unspecified atom stereocenters. The van der Waals surface area contributed by atoms with Crippen LogP contribution >= 0.6 is 11.6 Å². The summed E-state index contributed by atoms with van der Waals surface area (Å²) in [5.74, 6) is -0.692. The van der Waals surface area contributed by atoms with Gasteiger partial charge in [0.2, 0.25) is 11.8 Å². The highest BCUT2D eigenvalue weighted by Crippen LogP contribution is 2.31. The van der Waals surface area contributed by atoms with Crippen molar-refractivity contribution in [1.82, 2.24) is 10.2 Å². The molecule has 0 aromatic heterocycles. The van der Waals surface area contributed by atoms with Crippen molar-refractivity contribution in [3.05, 3.63) is 94.5 Å². The summed E-state index contributed by atoms with van der Waals surface area (Å²) >= 11 is 6.41. The molecular weight excluding hydrogens is 570 g/mol. The monoisotopic (exact) mass is 609 g/mol. The van der Waals surface area contributed by atoms with Gasteiger partial charge >= 0.3 is 0 Å². The second kappa shape index (κ2) is 14.2. The molecule has 1 saturated carbocycles. The fourth-order valence-corrected chi connectivity index (χ4v) is 7.00. The third-order valence-electron chi connectivity index (χ3n) is 8.00. The van der Waals surface area contributed by atoms with Gasteiger partial charge in [-0.25, -0.2) is 8.42 Å². The number of aryl methyl sites for hydroxylation is 1. The molecule has 9 heteroatoms. The van der Waals surface area contributed by atoms with Crippen molar-refractivity contribution < 1.29 is 18.0 Å². The van der Waals surface area contributed by atoms with Gasteiger partial charge in [0.15, 0.2) is 0 Å². The first-order chi connectivity index (χ1) is 20.1. The van der Waals surface area contributed by atoms with Gasteiger partial charge < -0.3 is 10.2 Å². The van der Waals surface area contributed by atoms with Gasteiger partial charge in [0.1, 0.15) is 12.6 Å². The van der Waals surface area contributed by atoms with Crippen LogP contribution in [0.3, 0.4) is 0 Å². The van der Waals surface area contributed by atoms with Crippen molar-refractivity contribution in [3.63, 3.8) is 0 Å². The Morgan fingerprint density at radius 3 is 2.26 bits per heavy atom. The maximum absolute atomic E-state index is 14.1. The molecule has 3 aromatic carbocycles. The predicted octanol–water partition coefficient (Wildman–Crippen LogP) is 6.06. The summed E-state index contributed by atoms with van der Waals surface area (Å²) in [5.41, 5.74) is 2.80. The molecule has 1 aliphatic rings. The summed E-state index contributed by atoms with van der Waals surface area (Å²) < 4.78 is 29.2. The van der Waals surface area contributed by atoms with Crippen molar-refractivity contribution in [2.45, 2.75) is 76.3 Å². The Labute approximate surface area is 254 Å². The summed E-state index contributed by atoms with van der Waals surface area (Å²) in [6, 6.07) is 20.5. The first-order valence-electron chi connectivity index (χ1n) is 14.6. The van der Waals surface area contributed by atoms with E-state index in [1.165, 1.54) is 17.0 Å². The van der Waals surface area contributed by atoms with Crippen LogP contribution in [0.2, 0.25) is 5.02 Å². The minimum absolute atomic E-state index is 0.0687. The number of anilines is 1. The minimum atomic E-state index is -4.15. The van der Waals surface area contributed by atoms with Crippen LogP contribution in [0, 0.1) is 13.8 Å². The van der Waals surface area contributed by atoms with E-state index in [9.17, 15) is 18.0 Å². The fourth-order valence-electron chi connectivity index (χ4n) is 5.36. The van der Waals surface area contributed by atoms with Crippen LogP contribution in [-0.2, 0) is 26.0 Å². The molecule has 1 aliphatic carbocycles.